The number of benzene rings is 1. The Hall–Kier alpha value is -2.68. The summed E-state index contributed by atoms with van der Waals surface area (Å²) >= 11 is 0. The third-order valence-corrected chi connectivity index (χ3v) is 5.19. The maximum Gasteiger partial charge on any atom is 0.224 e. The molecule has 0 spiro atoms. The quantitative estimate of drug-likeness (QED) is 0.340. The van der Waals surface area contributed by atoms with Crippen molar-refractivity contribution >= 4 is 11.7 Å². The van der Waals surface area contributed by atoms with Crippen LogP contribution in [0.2, 0.25) is 0 Å². The standard InChI is InChI=1S/C22H31N5O3/c1-15-20(14-27(3)26-15)21(30-23-2)8-9-22(29)25-13-19(28)12-24-18-10-16-6-4-5-7-17(16)11-18/h4-8,14,18-19,23-24,28H,9-13H2,1-3H3,(H,25,29)/b21-8-/t19-/m1/s1. The number of nitrogens with one attached hydrogen (secondary N) is 3. The van der Waals surface area contributed by atoms with Crippen LogP contribution in [0.4, 0.5) is 0 Å². The second kappa shape index (κ2) is 10.4. The average molecular weight is 414 g/mol. The summed E-state index contributed by atoms with van der Waals surface area (Å²) in [6, 6.07) is 8.76. The number of fused-ring (bicyclic) bond motifs is 1. The third kappa shape index (κ3) is 5.91. The minimum absolute atomic E-state index is 0.142. The molecule has 1 amide bonds. The van der Waals surface area contributed by atoms with Crippen molar-refractivity contribution in [3.63, 3.8) is 0 Å². The van der Waals surface area contributed by atoms with Crippen LogP contribution in [0.15, 0.2) is 36.5 Å². The van der Waals surface area contributed by atoms with Gasteiger partial charge in [-0.25, -0.2) is 0 Å². The lowest BCUT2D eigenvalue weighted by atomic mass is 10.1. The van der Waals surface area contributed by atoms with Crippen molar-refractivity contribution in [3.8, 4) is 0 Å². The first-order valence-electron chi connectivity index (χ1n) is 10.3. The zero-order chi connectivity index (χ0) is 21.5. The van der Waals surface area contributed by atoms with Crippen molar-refractivity contribution in [3.05, 3.63) is 58.9 Å². The minimum Gasteiger partial charge on any atom is -0.409 e. The van der Waals surface area contributed by atoms with Gasteiger partial charge in [0.15, 0.2) is 5.76 Å². The number of aromatic nitrogens is 2. The number of carbonyl (C=O) groups is 1. The lowest BCUT2D eigenvalue weighted by Crippen LogP contribution is -2.41. The van der Waals surface area contributed by atoms with Crippen molar-refractivity contribution in [2.24, 2.45) is 7.05 Å². The number of hydroxylamine groups is 1. The van der Waals surface area contributed by atoms with E-state index in [0.29, 0.717) is 18.3 Å². The summed E-state index contributed by atoms with van der Waals surface area (Å²) in [5.74, 6) is 0.363. The highest BCUT2D eigenvalue weighted by Crippen LogP contribution is 2.21. The largest absolute Gasteiger partial charge is 0.409 e. The van der Waals surface area contributed by atoms with E-state index >= 15 is 0 Å². The van der Waals surface area contributed by atoms with Crippen LogP contribution in [-0.2, 0) is 29.5 Å². The molecule has 8 heteroatoms. The van der Waals surface area contributed by atoms with Gasteiger partial charge in [0.2, 0.25) is 5.91 Å². The summed E-state index contributed by atoms with van der Waals surface area (Å²) in [5, 5.41) is 20.7. The van der Waals surface area contributed by atoms with Crippen molar-refractivity contribution in [1.82, 2.24) is 25.9 Å². The first-order valence-corrected chi connectivity index (χ1v) is 10.3. The molecular weight excluding hydrogens is 382 g/mol. The summed E-state index contributed by atoms with van der Waals surface area (Å²) in [4.78, 5) is 17.6. The fraction of sp³-hybridized carbons (Fsp3) is 0.455. The number of aryl methyl sites for hydroxylation is 2. The average Bonchev–Trinajstić information content (AvgIpc) is 3.29. The van der Waals surface area contributed by atoms with Gasteiger partial charge in [-0.1, -0.05) is 24.3 Å². The SMILES string of the molecule is CNO/C(=C\CC(=O)NC[C@H](O)CNC1Cc2ccccc2C1)c1cn(C)nc1C. The molecule has 2 aromatic rings. The molecule has 1 heterocycles. The predicted molar refractivity (Wildman–Crippen MR) is 115 cm³/mol. The molecule has 0 saturated heterocycles. The van der Waals surface area contributed by atoms with Crippen LogP contribution in [0, 0.1) is 6.92 Å². The summed E-state index contributed by atoms with van der Waals surface area (Å²) in [6.45, 7) is 2.53. The second-order valence-corrected chi connectivity index (χ2v) is 7.62. The van der Waals surface area contributed by atoms with Gasteiger partial charge in [0.05, 0.1) is 17.4 Å². The molecule has 30 heavy (non-hydrogen) atoms. The van der Waals surface area contributed by atoms with Crippen molar-refractivity contribution in [1.29, 1.82) is 0 Å². The van der Waals surface area contributed by atoms with E-state index in [1.165, 1.54) is 11.1 Å². The number of hydrogen-bond donors (Lipinski definition) is 4. The number of nitrogens with zero attached hydrogens (tertiary/aromatic N) is 2. The summed E-state index contributed by atoms with van der Waals surface area (Å²) < 4.78 is 1.70. The Morgan fingerprint density at radius 2 is 2.03 bits per heavy atom. The monoisotopic (exact) mass is 413 g/mol. The Morgan fingerprint density at radius 1 is 1.33 bits per heavy atom. The maximum absolute atomic E-state index is 12.2. The molecule has 0 bridgehead atoms. The third-order valence-electron chi connectivity index (χ3n) is 5.19. The van der Waals surface area contributed by atoms with Crippen LogP contribution in [0.3, 0.4) is 0 Å². The minimum atomic E-state index is -0.643. The summed E-state index contributed by atoms with van der Waals surface area (Å²) in [7, 11) is 3.49. The predicted octanol–water partition coefficient (Wildman–Crippen LogP) is 0.845. The molecule has 0 saturated carbocycles. The van der Waals surface area contributed by atoms with E-state index in [1.807, 2.05) is 20.2 Å². The molecule has 1 aromatic heterocycles. The Bertz CT molecular complexity index is 868. The molecule has 0 aliphatic heterocycles. The molecule has 1 aromatic carbocycles. The van der Waals surface area contributed by atoms with E-state index in [1.54, 1.807) is 17.8 Å². The van der Waals surface area contributed by atoms with Gasteiger partial charge in [-0.05, 0) is 37.0 Å². The van der Waals surface area contributed by atoms with Gasteiger partial charge >= 0.3 is 0 Å². The Balaban J connectivity index is 1.41. The molecular formula is C22H31N5O3. The van der Waals surface area contributed by atoms with Crippen molar-refractivity contribution < 1.29 is 14.7 Å². The van der Waals surface area contributed by atoms with Gasteiger partial charge in [-0.2, -0.15) is 10.6 Å². The molecule has 4 N–H and O–H groups in total. The van der Waals surface area contributed by atoms with E-state index in [-0.39, 0.29) is 18.9 Å². The van der Waals surface area contributed by atoms with Crippen molar-refractivity contribution in [2.75, 3.05) is 20.1 Å². The summed E-state index contributed by atoms with van der Waals surface area (Å²) in [6.07, 6.45) is 4.99. The fourth-order valence-electron chi connectivity index (χ4n) is 3.73. The molecule has 1 aliphatic rings. The summed E-state index contributed by atoms with van der Waals surface area (Å²) in [5.41, 5.74) is 7.01. The van der Waals surface area contributed by atoms with Crippen LogP contribution in [0.25, 0.3) is 5.76 Å². The molecule has 162 valence electrons. The normalized spacial score (nSPS) is 15.1. The van der Waals surface area contributed by atoms with Gasteiger partial charge in [-0.15, -0.1) is 0 Å². The lowest BCUT2D eigenvalue weighted by molar-refractivity contribution is -0.120. The smallest absolute Gasteiger partial charge is 0.224 e. The van der Waals surface area contributed by atoms with E-state index in [0.717, 1.165) is 24.1 Å². The van der Waals surface area contributed by atoms with Crippen LogP contribution >= 0.6 is 0 Å². The molecule has 8 nitrogen and oxygen atoms in total. The molecule has 0 unspecified atom stereocenters. The second-order valence-electron chi connectivity index (χ2n) is 7.62. The van der Waals surface area contributed by atoms with Gasteiger partial charge in [-0.3, -0.25) is 9.48 Å². The van der Waals surface area contributed by atoms with Crippen LogP contribution < -0.4 is 16.1 Å². The molecule has 0 fully saturated rings. The van der Waals surface area contributed by atoms with Crippen LogP contribution in [0.1, 0.15) is 28.8 Å². The van der Waals surface area contributed by atoms with Gasteiger partial charge < -0.3 is 20.6 Å². The molecule has 0 radical (unpaired) electrons. The number of hydrogen-bond acceptors (Lipinski definition) is 6. The number of aliphatic hydroxyl groups excluding tert-OH is 1. The number of carbonyl (C=O) groups excluding carboxylic acids is 1. The Morgan fingerprint density at radius 3 is 2.63 bits per heavy atom. The van der Waals surface area contributed by atoms with E-state index in [4.69, 9.17) is 4.84 Å². The van der Waals surface area contributed by atoms with E-state index < -0.39 is 6.10 Å². The first kappa shape index (κ1) is 22.0. The lowest BCUT2D eigenvalue weighted by Gasteiger charge is -2.16. The number of rotatable bonds is 10. The molecule has 3 rings (SSSR count). The zero-order valence-electron chi connectivity index (χ0n) is 17.8. The van der Waals surface area contributed by atoms with E-state index in [9.17, 15) is 9.90 Å². The highest BCUT2D eigenvalue weighted by molar-refractivity contribution is 5.79. The Kier molecular flexibility index (Phi) is 7.62. The highest BCUT2D eigenvalue weighted by atomic mass is 16.6. The van der Waals surface area contributed by atoms with Gasteiger partial charge in [0.25, 0.3) is 0 Å². The van der Waals surface area contributed by atoms with Gasteiger partial charge in [0.1, 0.15) is 0 Å². The number of amides is 1. The fourth-order valence-corrected chi connectivity index (χ4v) is 3.73. The Labute approximate surface area is 177 Å². The number of aliphatic hydroxyl groups is 1. The van der Waals surface area contributed by atoms with Crippen LogP contribution in [-0.4, -0.2) is 53.1 Å². The van der Waals surface area contributed by atoms with Crippen molar-refractivity contribution in [2.45, 2.75) is 38.3 Å². The highest BCUT2D eigenvalue weighted by Gasteiger charge is 2.21. The first-order chi connectivity index (χ1) is 14.5. The van der Waals surface area contributed by atoms with Gasteiger partial charge in [0, 0.05) is 45.8 Å². The topological polar surface area (TPSA) is 100 Å². The van der Waals surface area contributed by atoms with Crippen LogP contribution in [0.5, 0.6) is 0 Å². The molecule has 1 aliphatic carbocycles. The van der Waals surface area contributed by atoms with E-state index in [2.05, 4.69) is 45.5 Å². The molecule has 1 atom stereocenters. The zero-order valence-corrected chi connectivity index (χ0v) is 17.8. The maximum atomic E-state index is 12.2.